The summed E-state index contributed by atoms with van der Waals surface area (Å²) in [7, 11) is 0. The predicted octanol–water partition coefficient (Wildman–Crippen LogP) is 11.2. The Hall–Kier alpha value is -5.34. The number of rotatable bonds is 6. The predicted molar refractivity (Wildman–Crippen MR) is 186 cm³/mol. The van der Waals surface area contributed by atoms with E-state index in [0.717, 1.165) is 0 Å². The summed E-state index contributed by atoms with van der Waals surface area (Å²) in [4.78, 5) is 0. The van der Waals surface area contributed by atoms with Gasteiger partial charge in [-0.1, -0.05) is 148 Å². The lowest BCUT2D eigenvalue weighted by Crippen LogP contribution is -2.20. The van der Waals surface area contributed by atoms with Gasteiger partial charge in [0.15, 0.2) is 0 Å². The summed E-state index contributed by atoms with van der Waals surface area (Å²) in [5, 5.41) is 0. The number of hydrogen-bond acceptors (Lipinski definition) is 0. The molecule has 0 aliphatic heterocycles. The van der Waals surface area contributed by atoms with Crippen LogP contribution >= 0.6 is 0 Å². The van der Waals surface area contributed by atoms with E-state index in [4.69, 9.17) is 0 Å². The van der Waals surface area contributed by atoms with E-state index in [1.807, 2.05) is 0 Å². The molecule has 0 amide bonds. The summed E-state index contributed by atoms with van der Waals surface area (Å²) < 4.78 is 4.92. The maximum Gasteiger partial charge on any atom is 0.0535 e. The molecule has 0 spiro atoms. The first kappa shape index (κ1) is 27.5. The molecule has 7 aromatic rings. The fourth-order valence-electron chi connectivity index (χ4n) is 6.40. The topological polar surface area (TPSA) is 9.86 Å². The van der Waals surface area contributed by atoms with Crippen molar-refractivity contribution in [2.24, 2.45) is 0 Å². The largest absolute Gasteiger partial charge is 0.309 e. The van der Waals surface area contributed by atoms with E-state index in [9.17, 15) is 0 Å². The fourth-order valence-corrected chi connectivity index (χ4v) is 6.40. The first-order chi connectivity index (χ1) is 21.5. The van der Waals surface area contributed by atoms with Crippen LogP contribution in [0.25, 0.3) is 56.4 Å². The van der Waals surface area contributed by atoms with Crippen molar-refractivity contribution in [3.63, 3.8) is 0 Å². The highest BCUT2D eigenvalue weighted by atomic mass is 15.0. The van der Waals surface area contributed by atoms with E-state index in [2.05, 4.69) is 194 Å². The summed E-state index contributed by atoms with van der Waals surface area (Å²) in [6, 6.07) is 58.7. The van der Waals surface area contributed by atoms with Crippen LogP contribution in [-0.4, -0.2) is 9.13 Å². The average Bonchev–Trinajstić information content (AvgIpc) is 3.71. The molecule has 0 saturated heterocycles. The zero-order chi connectivity index (χ0) is 30.1. The molecule has 0 saturated carbocycles. The summed E-state index contributed by atoms with van der Waals surface area (Å²) >= 11 is 0. The molecule has 0 N–H and O–H groups in total. The normalized spacial score (nSPS) is 11.5. The SMILES string of the molecule is CC(C)(C)c1c(-n2c(-c3ccccc3)ccc2-c2ccccc2)cccc1-n1c(-c2ccccc2)ccc1-c1ccccc1. The lowest BCUT2D eigenvalue weighted by atomic mass is 9.83. The molecule has 0 atom stereocenters. The Morgan fingerprint density at radius 1 is 0.318 bits per heavy atom. The van der Waals surface area contributed by atoms with E-state index >= 15 is 0 Å². The Bertz CT molecular complexity index is 1750. The van der Waals surface area contributed by atoms with Crippen LogP contribution in [-0.2, 0) is 5.41 Å². The van der Waals surface area contributed by atoms with Gasteiger partial charge < -0.3 is 9.13 Å². The Labute approximate surface area is 260 Å². The van der Waals surface area contributed by atoms with Crippen molar-refractivity contribution in [3.05, 3.63) is 169 Å². The standard InChI is InChI=1S/C42H36N2/c1-42(2,3)41-39(43-35(31-17-8-4-9-18-31)27-28-36(43)32-19-10-5-11-20-32)25-16-26-40(41)44-37(33-21-12-6-13-22-33)29-30-38(44)34-23-14-7-15-24-34/h4-30H,1-3H3. The lowest BCUT2D eigenvalue weighted by molar-refractivity contribution is 0.583. The second kappa shape index (κ2) is 11.4. The smallest absolute Gasteiger partial charge is 0.0535 e. The highest BCUT2D eigenvalue weighted by Gasteiger charge is 2.28. The van der Waals surface area contributed by atoms with Crippen molar-refractivity contribution in [2.45, 2.75) is 26.2 Å². The summed E-state index contributed by atoms with van der Waals surface area (Å²) in [5.41, 5.74) is 12.9. The van der Waals surface area contributed by atoms with Gasteiger partial charge in [-0.25, -0.2) is 0 Å². The van der Waals surface area contributed by atoms with Crippen molar-refractivity contribution in [1.29, 1.82) is 0 Å². The zero-order valence-electron chi connectivity index (χ0n) is 25.5. The molecule has 0 fully saturated rings. The van der Waals surface area contributed by atoms with Crippen molar-refractivity contribution in [2.75, 3.05) is 0 Å². The summed E-state index contributed by atoms with van der Waals surface area (Å²) in [6.07, 6.45) is 0. The van der Waals surface area contributed by atoms with E-state index < -0.39 is 0 Å². The lowest BCUT2D eigenvalue weighted by Gasteiger charge is -2.30. The maximum absolute atomic E-state index is 2.46. The van der Waals surface area contributed by atoms with Crippen molar-refractivity contribution >= 4 is 0 Å². The molecule has 2 heterocycles. The summed E-state index contributed by atoms with van der Waals surface area (Å²) in [5.74, 6) is 0. The van der Waals surface area contributed by atoms with Gasteiger partial charge in [-0.05, 0) is 64.1 Å². The van der Waals surface area contributed by atoms with Crippen molar-refractivity contribution in [1.82, 2.24) is 9.13 Å². The minimum Gasteiger partial charge on any atom is -0.309 e. The van der Waals surface area contributed by atoms with Crippen LogP contribution in [0.15, 0.2) is 164 Å². The van der Waals surface area contributed by atoms with Crippen LogP contribution in [0.3, 0.4) is 0 Å². The van der Waals surface area contributed by atoms with Gasteiger partial charge in [0.25, 0.3) is 0 Å². The highest BCUT2D eigenvalue weighted by molar-refractivity contribution is 5.78. The Morgan fingerprint density at radius 2 is 0.591 bits per heavy atom. The highest BCUT2D eigenvalue weighted by Crippen LogP contribution is 2.42. The minimum atomic E-state index is -0.176. The molecular weight excluding hydrogens is 532 g/mol. The second-order valence-electron chi connectivity index (χ2n) is 12.3. The second-order valence-corrected chi connectivity index (χ2v) is 12.3. The van der Waals surface area contributed by atoms with Crippen molar-refractivity contribution < 1.29 is 0 Å². The van der Waals surface area contributed by atoms with Gasteiger partial charge in [-0.2, -0.15) is 0 Å². The molecule has 2 heteroatoms. The summed E-state index contributed by atoms with van der Waals surface area (Å²) in [6.45, 7) is 6.99. The third-order valence-electron chi connectivity index (χ3n) is 8.29. The van der Waals surface area contributed by atoms with E-state index in [-0.39, 0.29) is 5.41 Å². The van der Waals surface area contributed by atoms with Crippen molar-refractivity contribution in [3.8, 4) is 56.4 Å². The molecule has 44 heavy (non-hydrogen) atoms. The number of aromatic nitrogens is 2. The van der Waals surface area contributed by atoms with Crippen LogP contribution in [0.2, 0.25) is 0 Å². The average molecular weight is 569 g/mol. The van der Waals surface area contributed by atoms with Crippen LogP contribution in [0.4, 0.5) is 0 Å². The first-order valence-electron chi connectivity index (χ1n) is 15.3. The quantitative estimate of drug-likeness (QED) is 0.189. The molecular formula is C42H36N2. The number of benzene rings is 5. The third kappa shape index (κ3) is 4.99. The van der Waals surface area contributed by atoms with Gasteiger partial charge in [-0.3, -0.25) is 0 Å². The van der Waals surface area contributed by atoms with Crippen LogP contribution in [0.5, 0.6) is 0 Å². The third-order valence-corrected chi connectivity index (χ3v) is 8.29. The van der Waals surface area contributed by atoms with Gasteiger partial charge in [0, 0.05) is 5.56 Å². The van der Waals surface area contributed by atoms with Gasteiger partial charge >= 0.3 is 0 Å². The molecule has 2 aromatic heterocycles. The molecule has 5 aromatic carbocycles. The van der Waals surface area contributed by atoms with Gasteiger partial charge in [0.2, 0.25) is 0 Å². The zero-order valence-corrected chi connectivity index (χ0v) is 25.5. The molecule has 2 nitrogen and oxygen atoms in total. The molecule has 0 aliphatic carbocycles. The molecule has 7 rings (SSSR count). The first-order valence-corrected chi connectivity index (χ1v) is 15.3. The molecule has 214 valence electrons. The van der Waals surface area contributed by atoms with Crippen LogP contribution in [0.1, 0.15) is 26.3 Å². The van der Waals surface area contributed by atoms with E-state index in [1.165, 1.54) is 62.0 Å². The van der Waals surface area contributed by atoms with Crippen LogP contribution in [0, 0.1) is 0 Å². The maximum atomic E-state index is 2.46. The number of hydrogen-bond donors (Lipinski definition) is 0. The number of nitrogens with zero attached hydrogens (tertiary/aromatic N) is 2. The molecule has 0 aliphatic rings. The van der Waals surface area contributed by atoms with Crippen LogP contribution < -0.4 is 0 Å². The molecule has 0 unspecified atom stereocenters. The Morgan fingerprint density at radius 3 is 0.841 bits per heavy atom. The Kier molecular flexibility index (Phi) is 7.12. The molecule has 0 bridgehead atoms. The minimum absolute atomic E-state index is 0.176. The van der Waals surface area contributed by atoms with E-state index in [1.54, 1.807) is 0 Å². The molecule has 0 radical (unpaired) electrons. The Balaban J connectivity index is 1.57. The monoisotopic (exact) mass is 568 g/mol. The van der Waals surface area contributed by atoms with Gasteiger partial charge in [0.05, 0.1) is 34.2 Å². The van der Waals surface area contributed by atoms with Gasteiger partial charge in [-0.15, -0.1) is 0 Å². The van der Waals surface area contributed by atoms with Gasteiger partial charge in [0.1, 0.15) is 0 Å². The van der Waals surface area contributed by atoms with E-state index in [0.29, 0.717) is 0 Å². The fraction of sp³-hybridized carbons (Fsp3) is 0.0952.